The van der Waals surface area contributed by atoms with Gasteiger partial charge in [0.1, 0.15) is 23.2 Å². The monoisotopic (exact) mass is 378 g/mol. The molecule has 1 heterocycles. The zero-order valence-corrected chi connectivity index (χ0v) is 16.2. The summed E-state index contributed by atoms with van der Waals surface area (Å²) in [5.74, 6) is 2.03. The molecule has 0 amide bonds. The number of esters is 1. The number of anilines is 4. The van der Waals surface area contributed by atoms with Crippen molar-refractivity contribution < 1.29 is 14.3 Å². The number of aryl methyl sites for hydroxylation is 2. The van der Waals surface area contributed by atoms with Gasteiger partial charge in [-0.25, -0.2) is 14.8 Å². The second kappa shape index (κ2) is 8.39. The third-order valence-electron chi connectivity index (χ3n) is 4.05. The lowest BCUT2D eigenvalue weighted by atomic mass is 10.2. The second-order valence-corrected chi connectivity index (χ2v) is 6.18. The highest BCUT2D eigenvalue weighted by atomic mass is 16.5. The van der Waals surface area contributed by atoms with Gasteiger partial charge in [-0.1, -0.05) is 18.2 Å². The molecule has 1 aromatic heterocycles. The van der Waals surface area contributed by atoms with Gasteiger partial charge in [0.05, 0.1) is 31.2 Å². The maximum Gasteiger partial charge on any atom is 0.339 e. The third kappa shape index (κ3) is 4.37. The lowest BCUT2D eigenvalue weighted by Crippen LogP contribution is -2.07. The van der Waals surface area contributed by atoms with Crippen molar-refractivity contribution in [1.29, 1.82) is 0 Å². The quantitative estimate of drug-likeness (QED) is 0.616. The highest BCUT2D eigenvalue weighted by molar-refractivity contribution is 5.96. The van der Waals surface area contributed by atoms with Gasteiger partial charge >= 0.3 is 5.97 Å². The molecule has 0 unspecified atom stereocenters. The molecular weight excluding hydrogens is 356 g/mol. The average Bonchev–Trinajstić information content (AvgIpc) is 2.67. The molecule has 0 aliphatic rings. The fourth-order valence-corrected chi connectivity index (χ4v) is 2.77. The molecule has 144 valence electrons. The number of rotatable bonds is 6. The van der Waals surface area contributed by atoms with Crippen LogP contribution >= 0.6 is 0 Å². The number of carbonyl (C=O) groups is 1. The van der Waals surface area contributed by atoms with Crippen LogP contribution in [0.4, 0.5) is 23.0 Å². The maximum absolute atomic E-state index is 12.0. The number of aromatic nitrogens is 2. The summed E-state index contributed by atoms with van der Waals surface area (Å²) in [6, 6.07) is 14.7. The van der Waals surface area contributed by atoms with Crippen molar-refractivity contribution in [1.82, 2.24) is 9.97 Å². The Labute approximate surface area is 163 Å². The average molecular weight is 378 g/mol. The molecule has 7 nitrogen and oxygen atoms in total. The Bertz CT molecular complexity index is 1000. The van der Waals surface area contributed by atoms with E-state index in [2.05, 4.69) is 20.6 Å². The number of nitrogens with zero attached hydrogens (tertiary/aromatic N) is 2. The largest absolute Gasteiger partial charge is 0.495 e. The number of para-hydroxylation sites is 1. The van der Waals surface area contributed by atoms with Gasteiger partial charge in [-0.15, -0.1) is 0 Å². The van der Waals surface area contributed by atoms with Crippen LogP contribution in [0.1, 0.15) is 21.7 Å². The number of hydrogen-bond donors (Lipinski definition) is 2. The standard InChI is InChI=1S/C21H22N4O3/c1-13-9-10-18(27-3)17(11-13)25-20-12-19(22-14(2)23-20)24-16-8-6-5-7-15(16)21(26)28-4/h5-12H,1-4H3,(H2,22,23,24,25). The number of methoxy groups -OCH3 is 2. The summed E-state index contributed by atoms with van der Waals surface area (Å²) < 4.78 is 10.3. The summed E-state index contributed by atoms with van der Waals surface area (Å²) in [6.07, 6.45) is 0. The third-order valence-corrected chi connectivity index (χ3v) is 4.05. The minimum Gasteiger partial charge on any atom is -0.495 e. The normalized spacial score (nSPS) is 10.3. The Balaban J connectivity index is 1.91. The van der Waals surface area contributed by atoms with Gasteiger partial charge in [-0.05, 0) is 43.7 Å². The van der Waals surface area contributed by atoms with Crippen molar-refractivity contribution in [3.05, 3.63) is 65.5 Å². The molecule has 0 bridgehead atoms. The van der Waals surface area contributed by atoms with E-state index < -0.39 is 5.97 Å². The molecular formula is C21H22N4O3. The van der Waals surface area contributed by atoms with Crippen LogP contribution in [0.3, 0.4) is 0 Å². The molecule has 0 radical (unpaired) electrons. The van der Waals surface area contributed by atoms with E-state index in [0.29, 0.717) is 34.5 Å². The van der Waals surface area contributed by atoms with E-state index in [4.69, 9.17) is 9.47 Å². The maximum atomic E-state index is 12.0. The lowest BCUT2D eigenvalue weighted by molar-refractivity contribution is 0.0602. The summed E-state index contributed by atoms with van der Waals surface area (Å²) in [6.45, 7) is 3.81. The van der Waals surface area contributed by atoms with Gasteiger partial charge in [0.25, 0.3) is 0 Å². The summed E-state index contributed by atoms with van der Waals surface area (Å²) >= 11 is 0. The van der Waals surface area contributed by atoms with Crippen molar-refractivity contribution in [2.45, 2.75) is 13.8 Å². The van der Waals surface area contributed by atoms with Crippen LogP contribution in [-0.4, -0.2) is 30.2 Å². The van der Waals surface area contributed by atoms with E-state index in [0.717, 1.165) is 11.3 Å². The SMILES string of the molecule is COC(=O)c1ccccc1Nc1cc(Nc2cc(C)ccc2OC)nc(C)n1. The van der Waals surface area contributed by atoms with Crippen molar-refractivity contribution in [3.8, 4) is 5.75 Å². The van der Waals surface area contributed by atoms with Gasteiger partial charge in [0.15, 0.2) is 0 Å². The Morgan fingerprint density at radius 3 is 2.25 bits per heavy atom. The number of nitrogens with one attached hydrogen (secondary N) is 2. The van der Waals surface area contributed by atoms with Gasteiger partial charge in [0.2, 0.25) is 0 Å². The molecule has 28 heavy (non-hydrogen) atoms. The minimum atomic E-state index is -0.420. The van der Waals surface area contributed by atoms with Crippen LogP contribution in [0.2, 0.25) is 0 Å². The van der Waals surface area contributed by atoms with Crippen LogP contribution in [0.25, 0.3) is 0 Å². The molecule has 2 N–H and O–H groups in total. The van der Waals surface area contributed by atoms with E-state index in [1.54, 1.807) is 38.3 Å². The van der Waals surface area contributed by atoms with Crippen LogP contribution in [0, 0.1) is 13.8 Å². The Kier molecular flexibility index (Phi) is 5.74. The number of ether oxygens (including phenoxy) is 2. The molecule has 0 saturated carbocycles. The van der Waals surface area contributed by atoms with E-state index in [-0.39, 0.29) is 0 Å². The molecule has 3 aromatic rings. The highest BCUT2D eigenvalue weighted by Crippen LogP contribution is 2.29. The van der Waals surface area contributed by atoms with Crippen molar-refractivity contribution >= 4 is 29.0 Å². The Morgan fingerprint density at radius 2 is 1.57 bits per heavy atom. The molecule has 0 atom stereocenters. The fraction of sp³-hybridized carbons (Fsp3) is 0.190. The summed E-state index contributed by atoms with van der Waals surface area (Å²) in [7, 11) is 2.98. The summed E-state index contributed by atoms with van der Waals surface area (Å²) in [5.41, 5.74) is 2.93. The molecule has 0 saturated heterocycles. The smallest absolute Gasteiger partial charge is 0.339 e. The fourth-order valence-electron chi connectivity index (χ4n) is 2.77. The van der Waals surface area contributed by atoms with Crippen LogP contribution in [0.5, 0.6) is 5.75 Å². The lowest BCUT2D eigenvalue weighted by Gasteiger charge is -2.14. The zero-order chi connectivity index (χ0) is 20.1. The highest BCUT2D eigenvalue weighted by Gasteiger charge is 2.13. The molecule has 0 fully saturated rings. The van der Waals surface area contributed by atoms with E-state index >= 15 is 0 Å². The predicted molar refractivity (Wildman–Crippen MR) is 109 cm³/mol. The number of benzene rings is 2. The Morgan fingerprint density at radius 1 is 0.893 bits per heavy atom. The summed E-state index contributed by atoms with van der Waals surface area (Å²) in [5, 5.41) is 6.44. The first kappa shape index (κ1) is 19.2. The van der Waals surface area contributed by atoms with Gasteiger partial charge in [0, 0.05) is 6.07 Å². The molecule has 0 spiro atoms. The topological polar surface area (TPSA) is 85.4 Å². The zero-order valence-electron chi connectivity index (χ0n) is 16.2. The van der Waals surface area contributed by atoms with Crippen molar-refractivity contribution in [2.24, 2.45) is 0 Å². The van der Waals surface area contributed by atoms with Gasteiger partial charge in [-0.2, -0.15) is 0 Å². The van der Waals surface area contributed by atoms with E-state index in [1.807, 2.05) is 31.2 Å². The van der Waals surface area contributed by atoms with Crippen molar-refractivity contribution in [3.63, 3.8) is 0 Å². The van der Waals surface area contributed by atoms with Crippen LogP contribution in [0.15, 0.2) is 48.5 Å². The molecule has 2 aromatic carbocycles. The summed E-state index contributed by atoms with van der Waals surface area (Å²) in [4.78, 5) is 20.8. The molecule has 3 rings (SSSR count). The van der Waals surface area contributed by atoms with Crippen LogP contribution < -0.4 is 15.4 Å². The van der Waals surface area contributed by atoms with Crippen LogP contribution in [-0.2, 0) is 4.74 Å². The minimum absolute atomic E-state index is 0.420. The molecule has 0 aliphatic heterocycles. The first-order valence-electron chi connectivity index (χ1n) is 8.72. The van der Waals surface area contributed by atoms with E-state index in [1.165, 1.54) is 7.11 Å². The molecule has 0 aliphatic carbocycles. The molecule has 7 heteroatoms. The van der Waals surface area contributed by atoms with Gasteiger partial charge in [-0.3, -0.25) is 0 Å². The van der Waals surface area contributed by atoms with E-state index in [9.17, 15) is 4.79 Å². The van der Waals surface area contributed by atoms with Gasteiger partial charge < -0.3 is 20.1 Å². The second-order valence-electron chi connectivity index (χ2n) is 6.18. The first-order chi connectivity index (χ1) is 13.5. The van der Waals surface area contributed by atoms with Crippen molar-refractivity contribution in [2.75, 3.05) is 24.9 Å². The Hall–Kier alpha value is -3.61. The number of hydrogen-bond acceptors (Lipinski definition) is 7. The number of carbonyl (C=O) groups excluding carboxylic acids is 1. The predicted octanol–water partition coefficient (Wildman–Crippen LogP) is 4.38. The first-order valence-corrected chi connectivity index (χ1v) is 8.72.